The molecule has 0 spiro atoms. The van der Waals surface area contributed by atoms with Gasteiger partial charge in [-0.3, -0.25) is 10.1 Å². The average molecular weight is 266 g/mol. The maximum Gasteiger partial charge on any atom is 0.241 e. The van der Waals surface area contributed by atoms with E-state index in [9.17, 15) is 4.79 Å². The van der Waals surface area contributed by atoms with Crippen LogP contribution in [0.25, 0.3) is 0 Å². The lowest BCUT2D eigenvalue weighted by Gasteiger charge is -2.12. The zero-order chi connectivity index (χ0) is 13.8. The van der Waals surface area contributed by atoms with Crippen LogP contribution in [-0.4, -0.2) is 12.5 Å². The van der Waals surface area contributed by atoms with Crippen molar-refractivity contribution in [1.29, 1.82) is 0 Å². The fourth-order valence-electron chi connectivity index (χ4n) is 2.61. The molecule has 0 fully saturated rings. The van der Waals surface area contributed by atoms with Gasteiger partial charge in [0.15, 0.2) is 0 Å². The smallest absolute Gasteiger partial charge is 0.241 e. The van der Waals surface area contributed by atoms with Crippen LogP contribution in [0.3, 0.4) is 0 Å². The number of benzene rings is 2. The molecule has 1 amide bonds. The number of amides is 1. The summed E-state index contributed by atoms with van der Waals surface area (Å²) in [4.78, 5) is 12.2. The Labute approximate surface area is 119 Å². The lowest BCUT2D eigenvalue weighted by molar-refractivity contribution is -0.123. The SMILES string of the molecule is O=C(NCCc1ccccc1)C1NCc2ccccc21. The lowest BCUT2D eigenvalue weighted by atomic mass is 10.0. The van der Waals surface area contributed by atoms with Crippen LogP contribution < -0.4 is 10.6 Å². The van der Waals surface area contributed by atoms with E-state index in [1.54, 1.807) is 0 Å². The molecule has 2 N–H and O–H groups in total. The summed E-state index contributed by atoms with van der Waals surface area (Å²) in [6.45, 7) is 1.44. The molecule has 2 aromatic carbocycles. The third-order valence-corrected chi connectivity index (χ3v) is 3.68. The molecule has 2 aromatic rings. The Morgan fingerprint density at radius 1 is 1.10 bits per heavy atom. The molecule has 1 heterocycles. The summed E-state index contributed by atoms with van der Waals surface area (Å²) < 4.78 is 0. The van der Waals surface area contributed by atoms with E-state index >= 15 is 0 Å². The van der Waals surface area contributed by atoms with Crippen LogP contribution in [0.2, 0.25) is 0 Å². The topological polar surface area (TPSA) is 41.1 Å². The van der Waals surface area contributed by atoms with Crippen LogP contribution in [0, 0.1) is 0 Å². The summed E-state index contributed by atoms with van der Waals surface area (Å²) in [7, 11) is 0. The Morgan fingerprint density at radius 3 is 2.70 bits per heavy atom. The van der Waals surface area contributed by atoms with Crippen molar-refractivity contribution in [2.75, 3.05) is 6.54 Å². The minimum absolute atomic E-state index is 0.0610. The van der Waals surface area contributed by atoms with E-state index < -0.39 is 0 Å². The molecule has 0 saturated carbocycles. The normalized spacial score (nSPS) is 16.7. The summed E-state index contributed by atoms with van der Waals surface area (Å²) >= 11 is 0. The van der Waals surface area contributed by atoms with Crippen LogP contribution in [0.15, 0.2) is 54.6 Å². The van der Waals surface area contributed by atoms with E-state index in [0.29, 0.717) is 6.54 Å². The van der Waals surface area contributed by atoms with Gasteiger partial charge in [-0.2, -0.15) is 0 Å². The summed E-state index contributed by atoms with van der Waals surface area (Å²) in [6, 6.07) is 18.1. The molecular weight excluding hydrogens is 248 g/mol. The first kappa shape index (κ1) is 12.9. The van der Waals surface area contributed by atoms with Gasteiger partial charge in [-0.15, -0.1) is 0 Å². The summed E-state index contributed by atoms with van der Waals surface area (Å²) in [5, 5.41) is 6.27. The largest absolute Gasteiger partial charge is 0.354 e. The van der Waals surface area contributed by atoms with E-state index in [1.807, 2.05) is 36.4 Å². The summed E-state index contributed by atoms with van der Waals surface area (Å²) in [5.41, 5.74) is 3.56. The maximum atomic E-state index is 12.2. The van der Waals surface area contributed by atoms with E-state index in [1.165, 1.54) is 11.1 Å². The number of rotatable bonds is 4. The molecule has 1 aliphatic heterocycles. The van der Waals surface area contributed by atoms with Crippen LogP contribution in [0.1, 0.15) is 22.7 Å². The number of carbonyl (C=O) groups excluding carboxylic acids is 1. The quantitative estimate of drug-likeness (QED) is 0.890. The van der Waals surface area contributed by atoms with Crippen molar-refractivity contribution >= 4 is 5.91 Å². The Balaban J connectivity index is 1.56. The molecule has 0 aliphatic carbocycles. The van der Waals surface area contributed by atoms with Gasteiger partial charge < -0.3 is 5.32 Å². The molecular formula is C17H18N2O. The van der Waals surface area contributed by atoms with Gasteiger partial charge in [0.05, 0.1) is 0 Å². The second-order valence-corrected chi connectivity index (χ2v) is 5.04. The van der Waals surface area contributed by atoms with Crippen molar-refractivity contribution in [2.45, 2.75) is 19.0 Å². The third kappa shape index (κ3) is 2.73. The molecule has 0 saturated heterocycles. The summed E-state index contributed by atoms with van der Waals surface area (Å²) in [6.07, 6.45) is 0.862. The van der Waals surface area contributed by atoms with Crippen LogP contribution in [0.5, 0.6) is 0 Å². The molecule has 3 heteroatoms. The third-order valence-electron chi connectivity index (χ3n) is 3.68. The Bertz CT molecular complexity index is 595. The van der Waals surface area contributed by atoms with Crippen molar-refractivity contribution in [2.24, 2.45) is 0 Å². The molecule has 1 atom stereocenters. The highest BCUT2D eigenvalue weighted by molar-refractivity contribution is 5.84. The maximum absolute atomic E-state index is 12.2. The number of carbonyl (C=O) groups is 1. The van der Waals surface area contributed by atoms with Gasteiger partial charge >= 0.3 is 0 Å². The van der Waals surface area contributed by atoms with Crippen molar-refractivity contribution in [1.82, 2.24) is 10.6 Å². The van der Waals surface area contributed by atoms with Crippen LogP contribution >= 0.6 is 0 Å². The summed E-state index contributed by atoms with van der Waals surface area (Å²) in [5.74, 6) is 0.0610. The highest BCUT2D eigenvalue weighted by Gasteiger charge is 2.27. The van der Waals surface area contributed by atoms with Crippen molar-refractivity contribution in [3.63, 3.8) is 0 Å². The fraction of sp³-hybridized carbons (Fsp3) is 0.235. The van der Waals surface area contributed by atoms with Gasteiger partial charge in [0, 0.05) is 13.1 Å². The van der Waals surface area contributed by atoms with Crippen LogP contribution in [-0.2, 0) is 17.8 Å². The lowest BCUT2D eigenvalue weighted by Crippen LogP contribution is -2.35. The van der Waals surface area contributed by atoms with Crippen molar-refractivity contribution in [3.05, 3.63) is 71.3 Å². The molecule has 0 bridgehead atoms. The standard InChI is InChI=1S/C17H18N2O/c20-17(18-11-10-13-6-2-1-3-7-13)16-15-9-5-4-8-14(15)12-19-16/h1-9,16,19H,10-12H2,(H,18,20). The zero-order valence-electron chi connectivity index (χ0n) is 11.3. The molecule has 3 rings (SSSR count). The first-order valence-corrected chi connectivity index (χ1v) is 6.97. The van der Waals surface area contributed by atoms with Gasteiger partial charge in [-0.1, -0.05) is 54.6 Å². The molecule has 1 unspecified atom stereocenters. The number of hydrogen-bond acceptors (Lipinski definition) is 2. The minimum atomic E-state index is -0.207. The van der Waals surface area contributed by atoms with Crippen molar-refractivity contribution < 1.29 is 4.79 Å². The number of fused-ring (bicyclic) bond motifs is 1. The predicted molar refractivity (Wildman–Crippen MR) is 79.2 cm³/mol. The Morgan fingerprint density at radius 2 is 1.85 bits per heavy atom. The van der Waals surface area contributed by atoms with Crippen molar-refractivity contribution in [3.8, 4) is 0 Å². The fourth-order valence-corrected chi connectivity index (χ4v) is 2.61. The predicted octanol–water partition coefficient (Wildman–Crippen LogP) is 2.19. The molecule has 0 aromatic heterocycles. The van der Waals surface area contributed by atoms with E-state index in [2.05, 4.69) is 28.8 Å². The van der Waals surface area contributed by atoms with Gasteiger partial charge in [0.1, 0.15) is 6.04 Å². The molecule has 20 heavy (non-hydrogen) atoms. The van der Waals surface area contributed by atoms with E-state index in [4.69, 9.17) is 0 Å². The van der Waals surface area contributed by atoms with Gasteiger partial charge in [0.25, 0.3) is 0 Å². The highest BCUT2D eigenvalue weighted by atomic mass is 16.2. The molecule has 1 aliphatic rings. The Kier molecular flexibility index (Phi) is 3.79. The monoisotopic (exact) mass is 266 g/mol. The first-order valence-electron chi connectivity index (χ1n) is 6.97. The highest BCUT2D eigenvalue weighted by Crippen LogP contribution is 2.24. The second kappa shape index (κ2) is 5.88. The number of nitrogens with one attached hydrogen (secondary N) is 2. The zero-order valence-corrected chi connectivity index (χ0v) is 11.3. The Hall–Kier alpha value is -2.13. The van der Waals surface area contributed by atoms with E-state index in [0.717, 1.165) is 18.5 Å². The van der Waals surface area contributed by atoms with Gasteiger partial charge in [0.2, 0.25) is 5.91 Å². The average Bonchev–Trinajstić information content (AvgIpc) is 2.92. The molecule has 3 nitrogen and oxygen atoms in total. The van der Waals surface area contributed by atoms with Crippen LogP contribution in [0.4, 0.5) is 0 Å². The first-order chi connectivity index (χ1) is 9.84. The van der Waals surface area contributed by atoms with Gasteiger partial charge in [-0.05, 0) is 23.1 Å². The number of hydrogen-bond donors (Lipinski definition) is 2. The minimum Gasteiger partial charge on any atom is -0.354 e. The second-order valence-electron chi connectivity index (χ2n) is 5.04. The van der Waals surface area contributed by atoms with Gasteiger partial charge in [-0.25, -0.2) is 0 Å². The molecule has 102 valence electrons. The van der Waals surface area contributed by atoms with E-state index in [-0.39, 0.29) is 11.9 Å². The molecule has 0 radical (unpaired) electrons.